The molecule has 1 amide bonds. The highest BCUT2D eigenvalue weighted by atomic mass is 16.5. The minimum absolute atomic E-state index is 0.0500. The van der Waals surface area contributed by atoms with Crippen LogP contribution >= 0.6 is 0 Å². The molecule has 26 heavy (non-hydrogen) atoms. The maximum atomic E-state index is 12.8. The summed E-state index contributed by atoms with van der Waals surface area (Å²) in [4.78, 5) is 14.8. The molecule has 1 aliphatic carbocycles. The highest BCUT2D eigenvalue weighted by molar-refractivity contribution is 5.92. The number of aliphatic hydroxyl groups excluding tert-OH is 1. The van der Waals surface area contributed by atoms with Gasteiger partial charge in [-0.25, -0.2) is 0 Å². The Kier molecular flexibility index (Phi) is 5.18. The first-order valence-corrected chi connectivity index (χ1v) is 8.85. The van der Waals surface area contributed by atoms with Crippen LogP contribution in [0.4, 0.5) is 5.69 Å². The van der Waals surface area contributed by atoms with Crippen molar-refractivity contribution in [2.45, 2.75) is 24.4 Å². The first-order valence-electron chi connectivity index (χ1n) is 8.85. The summed E-state index contributed by atoms with van der Waals surface area (Å²) >= 11 is 0. The molecule has 2 aromatic carbocycles. The number of para-hydroxylation sites is 1. The Balaban J connectivity index is 1.65. The van der Waals surface area contributed by atoms with E-state index in [0.29, 0.717) is 0 Å². The Bertz CT molecular complexity index is 767. The van der Waals surface area contributed by atoms with Crippen LogP contribution in [0.1, 0.15) is 30.1 Å². The second-order valence-electron chi connectivity index (χ2n) is 6.99. The van der Waals surface area contributed by atoms with Crippen molar-refractivity contribution in [3.63, 3.8) is 0 Å². The van der Waals surface area contributed by atoms with Gasteiger partial charge in [-0.15, -0.1) is 0 Å². The Hall–Kier alpha value is -2.53. The number of rotatable bonds is 7. The lowest BCUT2D eigenvalue weighted by Gasteiger charge is -2.20. The molecule has 0 aliphatic heterocycles. The Morgan fingerprint density at radius 2 is 1.85 bits per heavy atom. The smallest absolute Gasteiger partial charge is 0.230 e. The van der Waals surface area contributed by atoms with E-state index < -0.39 is 11.5 Å². The van der Waals surface area contributed by atoms with Crippen LogP contribution in [0, 0.1) is 0 Å². The Labute approximate surface area is 154 Å². The van der Waals surface area contributed by atoms with E-state index in [1.165, 1.54) is 0 Å². The van der Waals surface area contributed by atoms with Crippen LogP contribution in [0.5, 0.6) is 5.75 Å². The van der Waals surface area contributed by atoms with E-state index in [4.69, 9.17) is 4.74 Å². The van der Waals surface area contributed by atoms with Crippen molar-refractivity contribution in [1.29, 1.82) is 0 Å². The number of ether oxygens (including phenoxy) is 1. The number of carbonyl (C=O) groups excluding carboxylic acids is 1. The van der Waals surface area contributed by atoms with Gasteiger partial charge >= 0.3 is 0 Å². The van der Waals surface area contributed by atoms with Gasteiger partial charge in [0.1, 0.15) is 5.75 Å². The van der Waals surface area contributed by atoms with Crippen molar-refractivity contribution in [3.8, 4) is 5.75 Å². The van der Waals surface area contributed by atoms with Crippen LogP contribution < -0.4 is 15.0 Å². The molecule has 2 aromatic rings. The van der Waals surface area contributed by atoms with Crippen molar-refractivity contribution in [3.05, 3.63) is 59.7 Å². The van der Waals surface area contributed by atoms with Crippen LogP contribution in [-0.4, -0.2) is 38.8 Å². The van der Waals surface area contributed by atoms with Crippen LogP contribution in [0.25, 0.3) is 0 Å². The third-order valence-electron chi connectivity index (χ3n) is 5.06. The zero-order valence-corrected chi connectivity index (χ0v) is 15.5. The van der Waals surface area contributed by atoms with E-state index in [1.807, 2.05) is 67.5 Å². The fourth-order valence-electron chi connectivity index (χ4n) is 3.25. The fraction of sp³-hybridized carbons (Fsp3) is 0.381. The molecule has 0 spiro atoms. The first kappa shape index (κ1) is 18.3. The van der Waals surface area contributed by atoms with Crippen molar-refractivity contribution in [2.24, 2.45) is 0 Å². The number of hydrogen-bond acceptors (Lipinski definition) is 4. The number of benzene rings is 2. The van der Waals surface area contributed by atoms with E-state index >= 15 is 0 Å². The summed E-state index contributed by atoms with van der Waals surface area (Å²) in [7, 11) is 5.56. The number of anilines is 1. The summed E-state index contributed by atoms with van der Waals surface area (Å²) in [5.41, 5.74) is 2.25. The van der Waals surface area contributed by atoms with E-state index in [-0.39, 0.29) is 12.5 Å². The fourth-order valence-corrected chi connectivity index (χ4v) is 3.25. The number of carbonyl (C=O) groups is 1. The molecule has 2 N–H and O–H groups in total. The molecule has 1 aliphatic rings. The van der Waals surface area contributed by atoms with Gasteiger partial charge in [0.25, 0.3) is 0 Å². The monoisotopic (exact) mass is 354 g/mol. The number of hydrogen-bond donors (Lipinski definition) is 2. The molecule has 5 heteroatoms. The van der Waals surface area contributed by atoms with Crippen LogP contribution in [-0.2, 0) is 10.2 Å². The highest BCUT2D eigenvalue weighted by Crippen LogP contribution is 2.51. The molecule has 1 fully saturated rings. The van der Waals surface area contributed by atoms with E-state index in [1.54, 1.807) is 7.11 Å². The molecule has 138 valence electrons. The lowest BCUT2D eigenvalue weighted by atomic mass is 9.93. The summed E-state index contributed by atoms with van der Waals surface area (Å²) in [5, 5.41) is 13.3. The molecule has 1 unspecified atom stereocenters. The average molecular weight is 354 g/mol. The summed E-state index contributed by atoms with van der Waals surface area (Å²) in [6.07, 6.45) is 0.864. The summed E-state index contributed by atoms with van der Waals surface area (Å²) < 4.78 is 5.41. The lowest BCUT2D eigenvalue weighted by Crippen LogP contribution is -2.37. The zero-order chi connectivity index (χ0) is 18.7. The number of aliphatic hydroxyl groups is 1. The van der Waals surface area contributed by atoms with Gasteiger partial charge in [0, 0.05) is 31.9 Å². The van der Waals surface area contributed by atoms with Crippen LogP contribution in [0.2, 0.25) is 0 Å². The average Bonchev–Trinajstić information content (AvgIpc) is 3.47. The van der Waals surface area contributed by atoms with Crippen molar-refractivity contribution < 1.29 is 14.6 Å². The van der Waals surface area contributed by atoms with Crippen molar-refractivity contribution >= 4 is 11.6 Å². The number of methoxy groups -OCH3 is 1. The molecular formula is C21H26N2O3. The molecule has 5 nitrogen and oxygen atoms in total. The van der Waals surface area contributed by atoms with Gasteiger partial charge in [-0.2, -0.15) is 0 Å². The van der Waals surface area contributed by atoms with Gasteiger partial charge in [0.15, 0.2) is 0 Å². The van der Waals surface area contributed by atoms with Gasteiger partial charge in [0.2, 0.25) is 5.91 Å². The van der Waals surface area contributed by atoms with Crippen molar-refractivity contribution in [2.75, 3.05) is 32.6 Å². The molecule has 0 radical (unpaired) electrons. The van der Waals surface area contributed by atoms with Gasteiger partial charge in [-0.1, -0.05) is 30.3 Å². The molecule has 3 rings (SSSR count). The van der Waals surface area contributed by atoms with Crippen LogP contribution in [0.3, 0.4) is 0 Å². The van der Waals surface area contributed by atoms with E-state index in [0.717, 1.165) is 35.4 Å². The standard InChI is InChI=1S/C21H26N2O3/c1-23(2)16-10-8-15(9-11-16)18(24)14-22-20(25)21(12-13-21)17-6-4-5-7-19(17)26-3/h4-11,18,24H,12-14H2,1-3H3,(H,22,25). The van der Waals surface area contributed by atoms with Gasteiger partial charge < -0.3 is 20.1 Å². The number of nitrogens with zero attached hydrogens (tertiary/aromatic N) is 1. The quantitative estimate of drug-likeness (QED) is 0.802. The summed E-state index contributed by atoms with van der Waals surface area (Å²) in [5.74, 6) is 0.686. The maximum Gasteiger partial charge on any atom is 0.230 e. The number of nitrogens with one attached hydrogen (secondary N) is 1. The van der Waals surface area contributed by atoms with Crippen LogP contribution in [0.15, 0.2) is 48.5 Å². The zero-order valence-electron chi connectivity index (χ0n) is 15.5. The minimum Gasteiger partial charge on any atom is -0.496 e. The summed E-state index contributed by atoms with van der Waals surface area (Å²) in [6.45, 7) is 0.192. The predicted octanol–water partition coefficient (Wildman–Crippen LogP) is 2.64. The topological polar surface area (TPSA) is 61.8 Å². The first-order chi connectivity index (χ1) is 12.5. The van der Waals surface area contributed by atoms with Gasteiger partial charge in [0.05, 0.1) is 18.6 Å². The van der Waals surface area contributed by atoms with E-state index in [2.05, 4.69) is 5.32 Å². The van der Waals surface area contributed by atoms with Gasteiger partial charge in [-0.05, 0) is 36.6 Å². The lowest BCUT2D eigenvalue weighted by molar-refractivity contribution is -0.124. The van der Waals surface area contributed by atoms with Crippen molar-refractivity contribution in [1.82, 2.24) is 5.32 Å². The largest absolute Gasteiger partial charge is 0.496 e. The second kappa shape index (κ2) is 7.38. The highest BCUT2D eigenvalue weighted by Gasteiger charge is 2.52. The molecule has 0 saturated heterocycles. The summed E-state index contributed by atoms with van der Waals surface area (Å²) in [6, 6.07) is 15.3. The molecular weight excluding hydrogens is 328 g/mol. The SMILES string of the molecule is COc1ccccc1C1(C(=O)NCC(O)c2ccc(N(C)C)cc2)CC1. The number of amides is 1. The second-order valence-corrected chi connectivity index (χ2v) is 6.99. The molecule has 0 aromatic heterocycles. The Morgan fingerprint density at radius 3 is 2.42 bits per heavy atom. The predicted molar refractivity (Wildman–Crippen MR) is 103 cm³/mol. The molecule has 1 saturated carbocycles. The Morgan fingerprint density at radius 1 is 1.19 bits per heavy atom. The third kappa shape index (κ3) is 3.53. The maximum absolute atomic E-state index is 12.8. The molecule has 0 heterocycles. The third-order valence-corrected chi connectivity index (χ3v) is 5.06. The van der Waals surface area contributed by atoms with Gasteiger partial charge in [-0.3, -0.25) is 4.79 Å². The minimum atomic E-state index is -0.733. The molecule has 1 atom stereocenters. The van der Waals surface area contributed by atoms with E-state index in [9.17, 15) is 9.90 Å². The molecule has 0 bridgehead atoms. The normalized spacial score (nSPS) is 15.8.